The summed E-state index contributed by atoms with van der Waals surface area (Å²) in [5, 5.41) is 3.07. The summed E-state index contributed by atoms with van der Waals surface area (Å²) in [4.78, 5) is 9.43. The van der Waals surface area contributed by atoms with Crippen molar-refractivity contribution in [3.63, 3.8) is 0 Å². The fourth-order valence-electron chi connectivity index (χ4n) is 3.70. The summed E-state index contributed by atoms with van der Waals surface area (Å²) in [7, 11) is 0. The highest BCUT2D eigenvalue weighted by Crippen LogP contribution is 2.41. The first-order chi connectivity index (χ1) is 14.6. The van der Waals surface area contributed by atoms with E-state index in [0.717, 1.165) is 39.7 Å². The summed E-state index contributed by atoms with van der Waals surface area (Å²) in [6.07, 6.45) is 1.33. The third-order valence-corrected chi connectivity index (χ3v) is 5.51. The van der Waals surface area contributed by atoms with Gasteiger partial charge in [0.05, 0.1) is 30.9 Å². The Morgan fingerprint density at radius 1 is 1.23 bits per heavy atom. The van der Waals surface area contributed by atoms with Gasteiger partial charge in [0.1, 0.15) is 5.75 Å². The Balaban J connectivity index is 1.69. The highest BCUT2D eigenvalue weighted by molar-refractivity contribution is 9.10. The molecule has 9 heteroatoms. The molecule has 2 aromatic carbocycles. The normalized spacial score (nSPS) is 17.7. The minimum absolute atomic E-state index is 0.304. The molecule has 5 rings (SSSR count). The molecule has 3 N–H and O–H groups in total. The van der Waals surface area contributed by atoms with Crippen LogP contribution in [0, 0.1) is 0 Å². The first-order valence-electron chi connectivity index (χ1n) is 9.98. The lowest BCUT2D eigenvalue weighted by Crippen LogP contribution is -2.31. The van der Waals surface area contributed by atoms with E-state index in [1.807, 2.05) is 34.9 Å². The van der Waals surface area contributed by atoms with E-state index in [9.17, 15) is 0 Å². The molecule has 0 radical (unpaired) electrons. The molecule has 30 heavy (non-hydrogen) atoms. The lowest BCUT2D eigenvalue weighted by atomic mass is 10.1. The summed E-state index contributed by atoms with van der Waals surface area (Å²) in [6.45, 7) is 3.94. The molecule has 0 saturated heterocycles. The van der Waals surface area contributed by atoms with Crippen LogP contribution in [-0.4, -0.2) is 35.3 Å². The number of halogens is 1. The first kappa shape index (κ1) is 19.0. The van der Waals surface area contributed by atoms with Crippen molar-refractivity contribution in [2.24, 2.45) is 10.7 Å². The van der Waals surface area contributed by atoms with Crippen LogP contribution in [0.25, 0.3) is 11.0 Å². The SMILES string of the molecule is CCCOc1ccc(Br)cc1[C@H]1N=C(N)Nc2nc3cc4c(cc3n21)OCCCO4. The number of aliphatic imine (C=N–C) groups is 1. The zero-order valence-corrected chi connectivity index (χ0v) is 18.1. The molecule has 0 aliphatic carbocycles. The van der Waals surface area contributed by atoms with Crippen molar-refractivity contribution in [1.82, 2.24) is 9.55 Å². The Kier molecular flexibility index (Phi) is 4.90. The Hall–Kier alpha value is -2.94. The number of nitrogens with zero attached hydrogens (tertiary/aromatic N) is 3. The number of aromatic nitrogens is 2. The second-order valence-electron chi connectivity index (χ2n) is 7.19. The Labute approximate surface area is 182 Å². The van der Waals surface area contributed by atoms with Crippen molar-refractivity contribution in [1.29, 1.82) is 0 Å². The van der Waals surface area contributed by atoms with Gasteiger partial charge >= 0.3 is 0 Å². The molecule has 1 atom stereocenters. The number of anilines is 1. The maximum atomic E-state index is 6.11. The Morgan fingerprint density at radius 2 is 2.03 bits per heavy atom. The summed E-state index contributed by atoms with van der Waals surface area (Å²) in [5.74, 6) is 3.10. The summed E-state index contributed by atoms with van der Waals surface area (Å²) in [5.41, 5.74) is 8.67. The molecule has 2 aliphatic heterocycles. The van der Waals surface area contributed by atoms with E-state index < -0.39 is 6.17 Å². The van der Waals surface area contributed by atoms with Crippen molar-refractivity contribution in [2.75, 3.05) is 25.1 Å². The lowest BCUT2D eigenvalue weighted by molar-refractivity contribution is 0.297. The molecule has 8 nitrogen and oxygen atoms in total. The predicted molar refractivity (Wildman–Crippen MR) is 119 cm³/mol. The van der Waals surface area contributed by atoms with Crippen LogP contribution in [0.5, 0.6) is 17.2 Å². The zero-order valence-electron chi connectivity index (χ0n) is 16.5. The number of fused-ring (bicyclic) bond motifs is 4. The highest BCUT2D eigenvalue weighted by Gasteiger charge is 2.29. The van der Waals surface area contributed by atoms with Crippen LogP contribution in [0.1, 0.15) is 31.5 Å². The van der Waals surface area contributed by atoms with Gasteiger partial charge in [-0.05, 0) is 24.6 Å². The lowest BCUT2D eigenvalue weighted by Gasteiger charge is -2.25. The fourth-order valence-corrected chi connectivity index (χ4v) is 4.08. The van der Waals surface area contributed by atoms with Crippen molar-refractivity contribution >= 4 is 38.9 Å². The van der Waals surface area contributed by atoms with Crippen LogP contribution in [0.4, 0.5) is 5.95 Å². The van der Waals surface area contributed by atoms with Gasteiger partial charge in [-0.15, -0.1) is 0 Å². The summed E-state index contributed by atoms with van der Waals surface area (Å²) < 4.78 is 20.7. The minimum atomic E-state index is -0.430. The second kappa shape index (κ2) is 7.71. The molecule has 0 spiro atoms. The molecule has 3 aromatic rings. The van der Waals surface area contributed by atoms with Gasteiger partial charge in [-0.1, -0.05) is 22.9 Å². The van der Waals surface area contributed by atoms with Gasteiger partial charge in [-0.2, -0.15) is 0 Å². The summed E-state index contributed by atoms with van der Waals surface area (Å²) >= 11 is 3.57. The van der Waals surface area contributed by atoms with Gasteiger partial charge in [-0.25, -0.2) is 9.98 Å². The molecular weight excluding hydrogens is 450 g/mol. The van der Waals surface area contributed by atoms with Gasteiger partial charge in [0, 0.05) is 28.6 Å². The Morgan fingerprint density at radius 3 is 2.83 bits per heavy atom. The van der Waals surface area contributed by atoms with Gasteiger partial charge in [0.15, 0.2) is 23.6 Å². The molecule has 0 saturated carbocycles. The third-order valence-electron chi connectivity index (χ3n) is 5.02. The number of ether oxygens (including phenoxy) is 3. The van der Waals surface area contributed by atoms with Crippen LogP contribution in [0.2, 0.25) is 0 Å². The number of guanidine groups is 1. The van der Waals surface area contributed by atoms with Crippen LogP contribution in [0.3, 0.4) is 0 Å². The average Bonchev–Trinajstić information content (AvgIpc) is 2.91. The number of nitrogens with two attached hydrogens (primary N) is 1. The zero-order chi connectivity index (χ0) is 20.7. The van der Waals surface area contributed by atoms with Crippen LogP contribution < -0.4 is 25.3 Å². The minimum Gasteiger partial charge on any atom is -0.493 e. The predicted octanol–water partition coefficient (Wildman–Crippen LogP) is 4.04. The molecule has 3 heterocycles. The van der Waals surface area contributed by atoms with Crippen molar-refractivity contribution in [3.05, 3.63) is 40.4 Å². The number of nitrogens with one attached hydrogen (secondary N) is 1. The van der Waals surface area contributed by atoms with Gasteiger partial charge in [-0.3, -0.25) is 9.88 Å². The van der Waals surface area contributed by atoms with E-state index in [-0.39, 0.29) is 0 Å². The van der Waals surface area contributed by atoms with Crippen molar-refractivity contribution < 1.29 is 14.2 Å². The van der Waals surface area contributed by atoms with E-state index in [1.54, 1.807) is 0 Å². The molecular formula is C21H22BrN5O3. The smallest absolute Gasteiger partial charge is 0.212 e. The average molecular weight is 472 g/mol. The largest absolute Gasteiger partial charge is 0.493 e. The number of benzene rings is 2. The van der Waals surface area contributed by atoms with Gasteiger partial charge < -0.3 is 19.9 Å². The number of hydrogen-bond donors (Lipinski definition) is 2. The molecule has 0 unspecified atom stereocenters. The second-order valence-corrected chi connectivity index (χ2v) is 8.10. The van der Waals surface area contributed by atoms with Crippen molar-refractivity contribution in [3.8, 4) is 17.2 Å². The van der Waals surface area contributed by atoms with Gasteiger partial charge in [0.25, 0.3) is 0 Å². The van der Waals surface area contributed by atoms with E-state index >= 15 is 0 Å². The van der Waals surface area contributed by atoms with Crippen LogP contribution >= 0.6 is 15.9 Å². The highest BCUT2D eigenvalue weighted by atomic mass is 79.9. The molecule has 0 fully saturated rings. The molecule has 0 amide bonds. The standard InChI is InChI=1S/C21H22BrN5O3/c1-2-6-28-16-5-4-12(22)9-13(16)19-25-20(23)26-21-24-14-10-17-18(11-15(14)27(19)21)30-8-3-7-29-17/h4-5,9-11,19H,2-3,6-8H2,1H3,(H3,23,24,25,26)/t19-/m0/s1. The third kappa shape index (κ3) is 3.32. The number of hydrogen-bond acceptors (Lipinski definition) is 7. The number of rotatable bonds is 4. The molecule has 1 aromatic heterocycles. The topological polar surface area (TPSA) is 95.9 Å². The Bertz CT molecular complexity index is 1140. The van der Waals surface area contributed by atoms with Crippen molar-refractivity contribution in [2.45, 2.75) is 25.9 Å². The van der Waals surface area contributed by atoms with E-state index in [2.05, 4.69) is 33.2 Å². The fraction of sp³-hybridized carbons (Fsp3) is 0.333. The van der Waals surface area contributed by atoms with Crippen LogP contribution in [-0.2, 0) is 0 Å². The number of imidazole rings is 1. The molecule has 0 bridgehead atoms. The van der Waals surface area contributed by atoms with Gasteiger partial charge in [0.2, 0.25) is 5.95 Å². The van der Waals surface area contributed by atoms with Crippen LogP contribution in [0.15, 0.2) is 39.8 Å². The van der Waals surface area contributed by atoms with E-state index in [0.29, 0.717) is 43.2 Å². The monoisotopic (exact) mass is 471 g/mol. The van der Waals surface area contributed by atoms with E-state index in [1.165, 1.54) is 0 Å². The van der Waals surface area contributed by atoms with E-state index in [4.69, 9.17) is 24.9 Å². The first-order valence-corrected chi connectivity index (χ1v) is 10.8. The summed E-state index contributed by atoms with van der Waals surface area (Å²) in [6, 6.07) is 9.79. The quantitative estimate of drug-likeness (QED) is 0.595. The molecule has 156 valence electrons. The maximum Gasteiger partial charge on any atom is 0.212 e. The maximum absolute atomic E-state index is 6.11. The molecule has 2 aliphatic rings.